The van der Waals surface area contributed by atoms with Gasteiger partial charge in [0.05, 0.1) is 0 Å². The van der Waals surface area contributed by atoms with E-state index < -0.39 is 17.5 Å². The van der Waals surface area contributed by atoms with E-state index in [1.165, 1.54) is 0 Å². The fraction of sp³-hybridized carbons (Fsp3) is 0.650. The zero-order chi connectivity index (χ0) is 20.9. The lowest BCUT2D eigenvalue weighted by atomic mass is 9.91. The van der Waals surface area contributed by atoms with Gasteiger partial charge in [-0.25, -0.2) is 4.79 Å². The fourth-order valence-electron chi connectivity index (χ4n) is 4.70. The maximum Gasteiger partial charge on any atom is 0.325 e. The van der Waals surface area contributed by atoms with Gasteiger partial charge in [-0.1, -0.05) is 0 Å². The first-order valence-corrected chi connectivity index (χ1v) is 10.2. The van der Waals surface area contributed by atoms with Crippen molar-refractivity contribution in [1.29, 1.82) is 0 Å². The van der Waals surface area contributed by atoms with E-state index in [0.29, 0.717) is 18.7 Å². The molecule has 2 saturated heterocycles. The molecule has 0 spiro atoms. The molecule has 29 heavy (non-hydrogen) atoms. The van der Waals surface area contributed by atoms with Crippen LogP contribution in [0.2, 0.25) is 0 Å². The molecule has 1 N–H and O–H groups in total. The number of hydrogen-bond donors (Lipinski definition) is 1. The largest absolute Gasteiger partial charge is 0.340 e. The third-order valence-electron chi connectivity index (χ3n) is 6.22. The molecule has 2 fully saturated rings. The topological polar surface area (TPSA) is 105 Å². The van der Waals surface area contributed by atoms with Gasteiger partial charge in [-0.15, -0.1) is 0 Å². The molecule has 0 bridgehead atoms. The SMILES string of the molecule is Cc1c(C2CCCN(C(=O)CN3C(=O)NC(C)(C)C3=O)C2)n2c(nc1=O)CCC2. The highest BCUT2D eigenvalue weighted by Gasteiger charge is 2.45. The zero-order valence-corrected chi connectivity index (χ0v) is 17.2. The summed E-state index contributed by atoms with van der Waals surface area (Å²) in [6.07, 6.45) is 3.48. The second-order valence-electron chi connectivity index (χ2n) is 8.72. The van der Waals surface area contributed by atoms with E-state index in [4.69, 9.17) is 0 Å². The molecular formula is C20H27N5O4. The molecule has 9 heteroatoms. The Morgan fingerprint density at radius 3 is 2.66 bits per heavy atom. The van der Waals surface area contributed by atoms with Gasteiger partial charge in [0.25, 0.3) is 11.5 Å². The number of urea groups is 1. The molecule has 1 unspecified atom stereocenters. The number of likely N-dealkylation sites (tertiary alicyclic amines) is 1. The van der Waals surface area contributed by atoms with Crippen LogP contribution in [0.5, 0.6) is 0 Å². The number of rotatable bonds is 3. The molecule has 4 rings (SSSR count). The van der Waals surface area contributed by atoms with E-state index in [-0.39, 0.29) is 23.9 Å². The molecule has 0 aliphatic carbocycles. The molecule has 3 aliphatic rings. The minimum atomic E-state index is -0.988. The van der Waals surface area contributed by atoms with Gasteiger partial charge in [-0.05, 0) is 40.0 Å². The first-order valence-electron chi connectivity index (χ1n) is 10.2. The van der Waals surface area contributed by atoms with Gasteiger partial charge in [-0.3, -0.25) is 19.3 Å². The first-order chi connectivity index (χ1) is 13.7. The third kappa shape index (κ3) is 3.32. The van der Waals surface area contributed by atoms with Crippen LogP contribution < -0.4 is 10.9 Å². The van der Waals surface area contributed by atoms with Crippen LogP contribution in [0.3, 0.4) is 0 Å². The van der Waals surface area contributed by atoms with Crippen LogP contribution in [0.4, 0.5) is 4.79 Å². The Morgan fingerprint density at radius 2 is 1.97 bits per heavy atom. The van der Waals surface area contributed by atoms with E-state index in [2.05, 4.69) is 14.9 Å². The summed E-state index contributed by atoms with van der Waals surface area (Å²) >= 11 is 0. The van der Waals surface area contributed by atoms with E-state index in [1.54, 1.807) is 18.7 Å². The number of aromatic nitrogens is 2. The third-order valence-corrected chi connectivity index (χ3v) is 6.22. The second kappa shape index (κ2) is 6.96. The summed E-state index contributed by atoms with van der Waals surface area (Å²) in [5, 5.41) is 2.60. The Morgan fingerprint density at radius 1 is 1.21 bits per heavy atom. The summed E-state index contributed by atoms with van der Waals surface area (Å²) in [5.41, 5.74) is 0.479. The standard InChI is InChI=1S/C20H27N5O4/c1-12-16(24-9-5-7-14(24)21-17(12)27)13-6-4-8-23(10-13)15(26)11-25-18(28)20(2,3)22-19(25)29/h13H,4-11H2,1-3H3,(H,22,29). The highest BCUT2D eigenvalue weighted by atomic mass is 16.2. The minimum absolute atomic E-state index is 0.0554. The van der Waals surface area contributed by atoms with Crippen molar-refractivity contribution in [2.45, 2.75) is 64.5 Å². The number of nitrogens with one attached hydrogen (secondary N) is 1. The summed E-state index contributed by atoms with van der Waals surface area (Å²) in [7, 11) is 0. The highest BCUT2D eigenvalue weighted by Crippen LogP contribution is 2.31. The number of nitrogens with zero attached hydrogens (tertiary/aromatic N) is 4. The van der Waals surface area contributed by atoms with Gasteiger partial charge in [0.15, 0.2) is 0 Å². The van der Waals surface area contributed by atoms with Gasteiger partial charge < -0.3 is 14.8 Å². The number of carbonyl (C=O) groups is 3. The molecule has 1 aromatic rings. The molecule has 9 nitrogen and oxygen atoms in total. The number of hydrogen-bond acceptors (Lipinski definition) is 5. The van der Waals surface area contributed by atoms with Gasteiger partial charge in [0.2, 0.25) is 5.91 Å². The predicted molar refractivity (Wildman–Crippen MR) is 104 cm³/mol. The minimum Gasteiger partial charge on any atom is -0.340 e. The Hall–Kier alpha value is -2.71. The highest BCUT2D eigenvalue weighted by molar-refractivity contribution is 6.08. The number of carbonyl (C=O) groups excluding carboxylic acids is 3. The van der Waals surface area contributed by atoms with Crippen molar-refractivity contribution in [2.75, 3.05) is 19.6 Å². The molecule has 156 valence electrons. The summed E-state index contributed by atoms with van der Waals surface area (Å²) < 4.78 is 2.15. The van der Waals surface area contributed by atoms with Crippen molar-refractivity contribution < 1.29 is 14.4 Å². The van der Waals surface area contributed by atoms with Crippen LogP contribution in [-0.2, 0) is 22.6 Å². The van der Waals surface area contributed by atoms with Crippen LogP contribution in [0, 0.1) is 6.92 Å². The quantitative estimate of drug-likeness (QED) is 0.744. The lowest BCUT2D eigenvalue weighted by Crippen LogP contribution is -2.47. The lowest BCUT2D eigenvalue weighted by Gasteiger charge is -2.35. The summed E-state index contributed by atoms with van der Waals surface area (Å²) in [4.78, 5) is 56.6. The number of piperidine rings is 1. The van der Waals surface area contributed by atoms with Crippen molar-refractivity contribution in [1.82, 2.24) is 24.7 Å². The van der Waals surface area contributed by atoms with Crippen molar-refractivity contribution in [3.8, 4) is 0 Å². The van der Waals surface area contributed by atoms with Crippen LogP contribution in [0.1, 0.15) is 56.1 Å². The first kappa shape index (κ1) is 19.6. The molecule has 0 saturated carbocycles. The monoisotopic (exact) mass is 401 g/mol. The van der Waals surface area contributed by atoms with Gasteiger partial charge in [-0.2, -0.15) is 4.98 Å². The fourth-order valence-corrected chi connectivity index (χ4v) is 4.70. The molecule has 1 aromatic heterocycles. The molecule has 0 aromatic carbocycles. The smallest absolute Gasteiger partial charge is 0.325 e. The van der Waals surface area contributed by atoms with E-state index in [1.807, 2.05) is 6.92 Å². The summed E-state index contributed by atoms with van der Waals surface area (Å²) in [6.45, 7) is 6.72. The van der Waals surface area contributed by atoms with Crippen molar-refractivity contribution in [3.05, 3.63) is 27.4 Å². The Labute approximate surface area is 169 Å². The number of imide groups is 1. The number of fused-ring (bicyclic) bond motifs is 1. The van der Waals surface area contributed by atoms with Gasteiger partial charge >= 0.3 is 6.03 Å². The predicted octanol–water partition coefficient (Wildman–Crippen LogP) is 0.534. The van der Waals surface area contributed by atoms with E-state index >= 15 is 0 Å². The lowest BCUT2D eigenvalue weighted by molar-refractivity contribution is -0.139. The summed E-state index contributed by atoms with van der Waals surface area (Å²) in [5.74, 6) is 0.255. The second-order valence-corrected chi connectivity index (χ2v) is 8.72. The molecule has 4 amide bonds. The summed E-state index contributed by atoms with van der Waals surface area (Å²) in [6, 6.07) is -0.531. The number of aryl methyl sites for hydroxylation is 1. The van der Waals surface area contributed by atoms with Crippen LogP contribution in [0.15, 0.2) is 4.79 Å². The number of amides is 4. The Bertz CT molecular complexity index is 951. The average Bonchev–Trinajstić information content (AvgIpc) is 3.20. The van der Waals surface area contributed by atoms with Crippen LogP contribution in [-0.4, -0.2) is 62.4 Å². The molecule has 1 atom stereocenters. The maximum absolute atomic E-state index is 12.9. The van der Waals surface area contributed by atoms with Crippen LogP contribution in [0.25, 0.3) is 0 Å². The molecule has 3 aliphatic heterocycles. The van der Waals surface area contributed by atoms with Crippen LogP contribution >= 0.6 is 0 Å². The maximum atomic E-state index is 12.9. The molecule has 0 radical (unpaired) electrons. The Balaban J connectivity index is 1.53. The molecule has 4 heterocycles. The average molecular weight is 401 g/mol. The van der Waals surface area contributed by atoms with Crippen molar-refractivity contribution in [3.63, 3.8) is 0 Å². The Kier molecular flexibility index (Phi) is 4.71. The molecular weight excluding hydrogens is 374 g/mol. The van der Waals surface area contributed by atoms with Gasteiger partial charge in [0.1, 0.15) is 17.9 Å². The van der Waals surface area contributed by atoms with E-state index in [0.717, 1.165) is 48.6 Å². The van der Waals surface area contributed by atoms with E-state index in [9.17, 15) is 19.2 Å². The van der Waals surface area contributed by atoms with Gasteiger partial charge in [0, 0.05) is 43.2 Å². The normalized spacial score (nSPS) is 23.3. The van der Waals surface area contributed by atoms with Crippen molar-refractivity contribution in [2.24, 2.45) is 0 Å². The van der Waals surface area contributed by atoms with Crippen molar-refractivity contribution >= 4 is 17.8 Å². The zero-order valence-electron chi connectivity index (χ0n) is 17.2.